The highest BCUT2D eigenvalue weighted by Gasteiger charge is 2.23. The highest BCUT2D eigenvalue weighted by molar-refractivity contribution is 7.99. The molecule has 0 saturated heterocycles. The number of rotatable bonds is 5. The Morgan fingerprint density at radius 1 is 1.25 bits per heavy atom. The standard InChI is InChI=1S/C21H23N3O2S2/c1-3-22-17(25)12-27-21-23-19-18(15-6-4-5-7-16(15)28-19)20(26)24(21)14-10-8-13(2)9-11-14/h8-11H,3-7,12H2,1-2H3,(H,22,25). The minimum absolute atomic E-state index is 0.0216. The van der Waals surface area contributed by atoms with Crippen molar-refractivity contribution in [3.8, 4) is 5.69 Å². The zero-order valence-corrected chi connectivity index (χ0v) is 17.7. The minimum Gasteiger partial charge on any atom is -0.356 e. The van der Waals surface area contributed by atoms with Gasteiger partial charge in [-0.3, -0.25) is 14.2 Å². The summed E-state index contributed by atoms with van der Waals surface area (Å²) in [6.07, 6.45) is 4.27. The molecule has 5 nitrogen and oxygen atoms in total. The van der Waals surface area contributed by atoms with Crippen LogP contribution >= 0.6 is 23.1 Å². The van der Waals surface area contributed by atoms with Crippen molar-refractivity contribution in [2.45, 2.75) is 44.7 Å². The summed E-state index contributed by atoms with van der Waals surface area (Å²) in [4.78, 5) is 32.5. The molecule has 0 spiro atoms. The maximum Gasteiger partial charge on any atom is 0.267 e. The minimum atomic E-state index is -0.0530. The normalized spacial score (nSPS) is 13.5. The lowest BCUT2D eigenvalue weighted by Gasteiger charge is -2.13. The summed E-state index contributed by atoms with van der Waals surface area (Å²) < 4.78 is 1.67. The second-order valence-electron chi connectivity index (χ2n) is 7.00. The molecule has 0 saturated carbocycles. The number of hydrogen-bond donors (Lipinski definition) is 1. The SMILES string of the molecule is CCNC(=O)CSc1nc2sc3c(c2c(=O)n1-c1ccc(C)cc1)CCCC3. The van der Waals surface area contributed by atoms with Gasteiger partial charge in [0.25, 0.3) is 5.56 Å². The van der Waals surface area contributed by atoms with E-state index in [9.17, 15) is 9.59 Å². The zero-order valence-electron chi connectivity index (χ0n) is 16.1. The number of carbonyl (C=O) groups is 1. The van der Waals surface area contributed by atoms with Gasteiger partial charge in [0.2, 0.25) is 5.91 Å². The summed E-state index contributed by atoms with van der Waals surface area (Å²) in [7, 11) is 0. The van der Waals surface area contributed by atoms with Gasteiger partial charge in [0.05, 0.1) is 16.8 Å². The Morgan fingerprint density at radius 2 is 2.00 bits per heavy atom. The first-order valence-electron chi connectivity index (χ1n) is 9.62. The van der Waals surface area contributed by atoms with Gasteiger partial charge in [-0.15, -0.1) is 11.3 Å². The molecule has 0 unspecified atom stereocenters. The molecule has 7 heteroatoms. The highest BCUT2D eigenvalue weighted by Crippen LogP contribution is 2.35. The van der Waals surface area contributed by atoms with Gasteiger partial charge in [-0.05, 0) is 57.2 Å². The number of aromatic nitrogens is 2. The van der Waals surface area contributed by atoms with Crippen LogP contribution in [0.5, 0.6) is 0 Å². The fraction of sp³-hybridized carbons (Fsp3) is 0.381. The summed E-state index contributed by atoms with van der Waals surface area (Å²) in [6, 6.07) is 7.87. The quantitative estimate of drug-likeness (QED) is 0.510. The average molecular weight is 414 g/mol. The molecule has 4 rings (SSSR count). The molecule has 28 heavy (non-hydrogen) atoms. The number of aryl methyl sites for hydroxylation is 3. The lowest BCUT2D eigenvalue weighted by atomic mass is 9.97. The van der Waals surface area contributed by atoms with E-state index in [2.05, 4.69) is 5.32 Å². The van der Waals surface area contributed by atoms with Crippen LogP contribution in [-0.4, -0.2) is 27.8 Å². The summed E-state index contributed by atoms with van der Waals surface area (Å²) in [6.45, 7) is 4.51. The van der Waals surface area contributed by atoms with Gasteiger partial charge >= 0.3 is 0 Å². The van der Waals surface area contributed by atoms with Crippen molar-refractivity contribution in [2.75, 3.05) is 12.3 Å². The molecule has 1 aromatic carbocycles. The molecular formula is C21H23N3O2S2. The first kappa shape index (κ1) is 19.2. The largest absolute Gasteiger partial charge is 0.356 e. The van der Waals surface area contributed by atoms with E-state index in [1.54, 1.807) is 15.9 Å². The third kappa shape index (κ3) is 3.61. The van der Waals surface area contributed by atoms with Crippen molar-refractivity contribution in [3.63, 3.8) is 0 Å². The molecule has 0 bridgehead atoms. The molecule has 0 atom stereocenters. The van der Waals surface area contributed by atoms with Crippen LogP contribution in [0.3, 0.4) is 0 Å². The second-order valence-corrected chi connectivity index (χ2v) is 9.03. The summed E-state index contributed by atoms with van der Waals surface area (Å²) in [5.74, 6) is 0.186. The van der Waals surface area contributed by atoms with Gasteiger partial charge in [-0.1, -0.05) is 29.5 Å². The zero-order chi connectivity index (χ0) is 19.7. The van der Waals surface area contributed by atoms with Crippen molar-refractivity contribution < 1.29 is 4.79 Å². The number of amides is 1. The molecular weight excluding hydrogens is 390 g/mol. The van der Waals surface area contributed by atoms with Gasteiger partial charge in [0, 0.05) is 11.4 Å². The van der Waals surface area contributed by atoms with E-state index < -0.39 is 0 Å². The molecule has 0 fully saturated rings. The van der Waals surface area contributed by atoms with Crippen LogP contribution in [0.2, 0.25) is 0 Å². The highest BCUT2D eigenvalue weighted by atomic mass is 32.2. The smallest absolute Gasteiger partial charge is 0.267 e. The predicted molar refractivity (Wildman–Crippen MR) is 116 cm³/mol. The Bertz CT molecular complexity index is 1080. The van der Waals surface area contributed by atoms with Crippen LogP contribution in [-0.2, 0) is 17.6 Å². The lowest BCUT2D eigenvalue weighted by molar-refractivity contribution is -0.118. The summed E-state index contributed by atoms with van der Waals surface area (Å²) in [5.41, 5.74) is 3.09. The first-order chi connectivity index (χ1) is 13.6. The fourth-order valence-corrected chi connectivity index (χ4v) is 5.73. The first-order valence-corrected chi connectivity index (χ1v) is 11.4. The number of benzene rings is 1. The van der Waals surface area contributed by atoms with E-state index in [1.807, 2.05) is 38.1 Å². The van der Waals surface area contributed by atoms with Gasteiger partial charge < -0.3 is 5.32 Å². The Labute approximate surface area is 172 Å². The number of carbonyl (C=O) groups excluding carboxylic acids is 1. The number of fused-ring (bicyclic) bond motifs is 3. The van der Waals surface area contributed by atoms with Gasteiger partial charge in [-0.25, -0.2) is 4.98 Å². The van der Waals surface area contributed by atoms with Gasteiger partial charge in [0.1, 0.15) is 4.83 Å². The molecule has 2 aromatic heterocycles. The van der Waals surface area contributed by atoms with E-state index in [4.69, 9.17) is 4.98 Å². The topological polar surface area (TPSA) is 64.0 Å². The van der Waals surface area contributed by atoms with Crippen LogP contribution in [0.25, 0.3) is 15.9 Å². The number of hydrogen-bond acceptors (Lipinski definition) is 5. The second kappa shape index (κ2) is 8.09. The van der Waals surface area contributed by atoms with Crippen LogP contribution in [0.4, 0.5) is 0 Å². The van der Waals surface area contributed by atoms with Crippen LogP contribution in [0.1, 0.15) is 35.8 Å². The molecule has 0 aliphatic heterocycles. The average Bonchev–Trinajstić information content (AvgIpc) is 3.06. The molecule has 1 aliphatic rings. The number of nitrogens with zero attached hydrogens (tertiary/aromatic N) is 2. The van der Waals surface area contributed by atoms with Crippen molar-refractivity contribution in [1.82, 2.24) is 14.9 Å². The van der Waals surface area contributed by atoms with Crippen molar-refractivity contribution in [3.05, 3.63) is 50.6 Å². The number of thioether (sulfide) groups is 1. The molecule has 1 amide bonds. The van der Waals surface area contributed by atoms with Crippen LogP contribution < -0.4 is 10.9 Å². The van der Waals surface area contributed by atoms with Crippen LogP contribution in [0.15, 0.2) is 34.2 Å². The molecule has 3 aromatic rings. The Morgan fingerprint density at radius 3 is 2.75 bits per heavy atom. The van der Waals surface area contributed by atoms with E-state index in [0.717, 1.165) is 40.7 Å². The molecule has 2 heterocycles. The summed E-state index contributed by atoms with van der Waals surface area (Å²) in [5, 5.41) is 4.14. The van der Waals surface area contributed by atoms with E-state index in [-0.39, 0.29) is 17.2 Å². The Hall–Kier alpha value is -2.12. The van der Waals surface area contributed by atoms with E-state index in [1.165, 1.54) is 28.6 Å². The van der Waals surface area contributed by atoms with Crippen molar-refractivity contribution in [2.24, 2.45) is 0 Å². The maximum absolute atomic E-state index is 13.6. The van der Waals surface area contributed by atoms with E-state index >= 15 is 0 Å². The van der Waals surface area contributed by atoms with Crippen molar-refractivity contribution in [1.29, 1.82) is 0 Å². The van der Waals surface area contributed by atoms with Gasteiger partial charge in [0.15, 0.2) is 5.16 Å². The Balaban J connectivity index is 1.87. The lowest BCUT2D eigenvalue weighted by Crippen LogP contribution is -2.26. The molecule has 146 valence electrons. The van der Waals surface area contributed by atoms with Crippen molar-refractivity contribution >= 4 is 39.2 Å². The fourth-order valence-electron chi connectivity index (χ4n) is 3.58. The number of nitrogens with one attached hydrogen (secondary N) is 1. The molecule has 1 N–H and O–H groups in total. The molecule has 1 aliphatic carbocycles. The third-order valence-electron chi connectivity index (χ3n) is 4.96. The summed E-state index contributed by atoms with van der Waals surface area (Å²) >= 11 is 2.96. The maximum atomic E-state index is 13.6. The monoisotopic (exact) mass is 413 g/mol. The Kier molecular flexibility index (Phi) is 5.55. The molecule has 0 radical (unpaired) electrons. The van der Waals surface area contributed by atoms with E-state index in [0.29, 0.717) is 11.7 Å². The van der Waals surface area contributed by atoms with Gasteiger partial charge in [-0.2, -0.15) is 0 Å². The number of thiophene rings is 1. The third-order valence-corrected chi connectivity index (χ3v) is 7.08. The van der Waals surface area contributed by atoms with Crippen LogP contribution in [0, 0.1) is 6.92 Å². The predicted octanol–water partition coefficient (Wildman–Crippen LogP) is 3.86.